The molecule has 20 heavy (non-hydrogen) atoms. The van der Waals surface area contributed by atoms with Gasteiger partial charge in [0.05, 0.1) is 12.4 Å². The summed E-state index contributed by atoms with van der Waals surface area (Å²) in [6.07, 6.45) is 8.94. The number of sulfonamides is 1. The second kappa shape index (κ2) is 10.6. The Bertz CT molecular complexity index is 324. The molecule has 0 aliphatic rings. The Balaban J connectivity index is 3.93. The number of unbranched alkanes of at least 4 members (excludes halogenated alkanes) is 5. The molecule has 5 heteroatoms. The van der Waals surface area contributed by atoms with Gasteiger partial charge in [0.15, 0.2) is 0 Å². The molecule has 4 nitrogen and oxygen atoms in total. The molecule has 122 valence electrons. The molecule has 0 aromatic heterocycles. The highest BCUT2D eigenvalue weighted by molar-refractivity contribution is 7.89. The fourth-order valence-corrected chi connectivity index (χ4v) is 3.74. The van der Waals surface area contributed by atoms with Crippen molar-refractivity contribution in [2.24, 2.45) is 10.6 Å². The molecular formula is C15H33NO3S. The van der Waals surface area contributed by atoms with E-state index in [1.165, 1.54) is 32.1 Å². The molecule has 0 aromatic carbocycles. The van der Waals surface area contributed by atoms with Crippen molar-refractivity contribution in [3.8, 4) is 0 Å². The molecule has 0 fully saturated rings. The van der Waals surface area contributed by atoms with Gasteiger partial charge in [-0.05, 0) is 19.3 Å². The SMILES string of the molecule is CCCCCCCCOCC(CC)(CC)CS(N)(=O)=O. The second-order valence-corrected chi connectivity index (χ2v) is 7.45. The van der Waals surface area contributed by atoms with E-state index in [9.17, 15) is 8.42 Å². The Morgan fingerprint density at radius 3 is 2.00 bits per heavy atom. The minimum Gasteiger partial charge on any atom is -0.381 e. The van der Waals surface area contributed by atoms with Crippen LogP contribution in [0.4, 0.5) is 0 Å². The quantitative estimate of drug-likeness (QED) is 0.530. The minimum absolute atomic E-state index is 0.0174. The Morgan fingerprint density at radius 1 is 0.950 bits per heavy atom. The molecule has 2 N–H and O–H groups in total. The lowest BCUT2D eigenvalue weighted by molar-refractivity contribution is 0.0479. The van der Waals surface area contributed by atoms with Crippen LogP contribution < -0.4 is 5.14 Å². The molecule has 0 rings (SSSR count). The third kappa shape index (κ3) is 9.72. The molecule has 0 aromatic rings. The summed E-state index contributed by atoms with van der Waals surface area (Å²) < 4.78 is 28.4. The number of nitrogens with two attached hydrogens (primary N) is 1. The van der Waals surface area contributed by atoms with E-state index in [1.54, 1.807) is 0 Å². The average molecular weight is 308 g/mol. The fraction of sp³-hybridized carbons (Fsp3) is 1.00. The van der Waals surface area contributed by atoms with E-state index in [-0.39, 0.29) is 11.2 Å². The van der Waals surface area contributed by atoms with Gasteiger partial charge in [0.25, 0.3) is 0 Å². The molecule has 0 amide bonds. The van der Waals surface area contributed by atoms with Gasteiger partial charge in [-0.15, -0.1) is 0 Å². The average Bonchev–Trinajstić information content (AvgIpc) is 2.39. The first-order valence-electron chi connectivity index (χ1n) is 7.97. The van der Waals surface area contributed by atoms with Gasteiger partial charge in [-0.25, -0.2) is 13.6 Å². The highest BCUT2D eigenvalue weighted by Gasteiger charge is 2.31. The number of ether oxygens (including phenoxy) is 1. The van der Waals surface area contributed by atoms with Crippen LogP contribution in [0.5, 0.6) is 0 Å². The van der Waals surface area contributed by atoms with E-state index >= 15 is 0 Å². The van der Waals surface area contributed by atoms with E-state index in [0.717, 1.165) is 25.9 Å². The zero-order valence-electron chi connectivity index (χ0n) is 13.5. The van der Waals surface area contributed by atoms with Gasteiger partial charge in [-0.1, -0.05) is 52.9 Å². The van der Waals surface area contributed by atoms with Crippen molar-refractivity contribution in [1.29, 1.82) is 0 Å². The van der Waals surface area contributed by atoms with Crippen LogP contribution in [-0.2, 0) is 14.8 Å². The number of primary sulfonamides is 1. The lowest BCUT2D eigenvalue weighted by Crippen LogP contribution is -2.36. The first kappa shape index (κ1) is 19.9. The second-order valence-electron chi connectivity index (χ2n) is 5.83. The fourth-order valence-electron chi connectivity index (χ4n) is 2.40. The van der Waals surface area contributed by atoms with E-state index < -0.39 is 10.0 Å². The van der Waals surface area contributed by atoms with Crippen molar-refractivity contribution in [2.45, 2.75) is 72.1 Å². The van der Waals surface area contributed by atoms with Gasteiger partial charge in [0.1, 0.15) is 0 Å². The highest BCUT2D eigenvalue weighted by Crippen LogP contribution is 2.28. The van der Waals surface area contributed by atoms with Crippen LogP contribution in [0.1, 0.15) is 72.1 Å². The summed E-state index contributed by atoms with van der Waals surface area (Å²) in [5, 5.41) is 5.19. The first-order valence-corrected chi connectivity index (χ1v) is 9.69. The van der Waals surface area contributed by atoms with Crippen LogP contribution in [-0.4, -0.2) is 27.4 Å². The van der Waals surface area contributed by atoms with Gasteiger partial charge >= 0.3 is 0 Å². The molecule has 0 aliphatic carbocycles. The van der Waals surface area contributed by atoms with Crippen molar-refractivity contribution >= 4 is 10.0 Å². The summed E-state index contributed by atoms with van der Waals surface area (Å²) in [6.45, 7) is 7.43. The molecule has 0 radical (unpaired) electrons. The summed E-state index contributed by atoms with van der Waals surface area (Å²) in [7, 11) is -3.44. The maximum atomic E-state index is 11.3. The normalized spacial score (nSPS) is 12.8. The Kier molecular flexibility index (Phi) is 10.5. The summed E-state index contributed by atoms with van der Waals surface area (Å²) >= 11 is 0. The predicted molar refractivity (Wildman–Crippen MR) is 85.2 cm³/mol. The minimum atomic E-state index is -3.44. The molecule has 0 aliphatic heterocycles. The number of rotatable bonds is 13. The number of hydrogen-bond donors (Lipinski definition) is 1. The standard InChI is InChI=1S/C15H33NO3S/c1-4-7-8-9-10-11-12-19-13-15(5-2,6-3)14-20(16,17)18/h4-14H2,1-3H3,(H2,16,17,18). The van der Waals surface area contributed by atoms with Gasteiger partial charge < -0.3 is 4.74 Å². The highest BCUT2D eigenvalue weighted by atomic mass is 32.2. The van der Waals surface area contributed by atoms with Crippen molar-refractivity contribution in [1.82, 2.24) is 0 Å². The summed E-state index contributed by atoms with van der Waals surface area (Å²) in [6, 6.07) is 0. The van der Waals surface area contributed by atoms with Gasteiger partial charge in [0, 0.05) is 12.0 Å². The molecule has 0 saturated heterocycles. The lowest BCUT2D eigenvalue weighted by Gasteiger charge is -2.30. The maximum absolute atomic E-state index is 11.3. The van der Waals surface area contributed by atoms with Crippen LogP contribution in [0.2, 0.25) is 0 Å². The molecular weight excluding hydrogens is 274 g/mol. The smallest absolute Gasteiger partial charge is 0.209 e. The van der Waals surface area contributed by atoms with Crippen molar-refractivity contribution in [3.05, 3.63) is 0 Å². The third-order valence-corrected chi connectivity index (χ3v) is 5.07. The Labute approximate surface area is 125 Å². The summed E-state index contributed by atoms with van der Waals surface area (Å²) in [4.78, 5) is 0. The van der Waals surface area contributed by atoms with E-state index in [1.807, 2.05) is 13.8 Å². The van der Waals surface area contributed by atoms with Crippen molar-refractivity contribution < 1.29 is 13.2 Å². The summed E-state index contributed by atoms with van der Waals surface area (Å²) in [5.74, 6) is 0.0174. The van der Waals surface area contributed by atoms with E-state index in [0.29, 0.717) is 6.61 Å². The van der Waals surface area contributed by atoms with Crippen molar-refractivity contribution in [2.75, 3.05) is 19.0 Å². The Morgan fingerprint density at radius 2 is 1.50 bits per heavy atom. The zero-order chi connectivity index (χ0) is 15.5. The van der Waals surface area contributed by atoms with Crippen molar-refractivity contribution in [3.63, 3.8) is 0 Å². The van der Waals surface area contributed by atoms with Gasteiger partial charge in [-0.3, -0.25) is 0 Å². The predicted octanol–water partition coefficient (Wildman–Crippen LogP) is 3.46. The molecule has 0 atom stereocenters. The van der Waals surface area contributed by atoms with Crippen LogP contribution in [0.3, 0.4) is 0 Å². The number of hydrogen-bond acceptors (Lipinski definition) is 3. The van der Waals surface area contributed by atoms with E-state index in [2.05, 4.69) is 6.92 Å². The van der Waals surface area contributed by atoms with Crippen LogP contribution in [0.15, 0.2) is 0 Å². The van der Waals surface area contributed by atoms with Gasteiger partial charge in [0.2, 0.25) is 10.0 Å². The summed E-state index contributed by atoms with van der Waals surface area (Å²) in [5.41, 5.74) is -0.324. The van der Waals surface area contributed by atoms with Crippen LogP contribution >= 0.6 is 0 Å². The molecule has 0 bridgehead atoms. The topological polar surface area (TPSA) is 69.4 Å². The molecule has 0 heterocycles. The largest absolute Gasteiger partial charge is 0.381 e. The van der Waals surface area contributed by atoms with Gasteiger partial charge in [-0.2, -0.15) is 0 Å². The van der Waals surface area contributed by atoms with Crippen LogP contribution in [0, 0.1) is 5.41 Å². The third-order valence-electron chi connectivity index (χ3n) is 4.06. The maximum Gasteiger partial charge on any atom is 0.209 e. The molecule has 0 unspecified atom stereocenters. The van der Waals surface area contributed by atoms with E-state index in [4.69, 9.17) is 9.88 Å². The van der Waals surface area contributed by atoms with Crippen LogP contribution in [0.25, 0.3) is 0 Å². The first-order chi connectivity index (χ1) is 9.39. The molecule has 0 saturated carbocycles. The monoisotopic (exact) mass is 307 g/mol. The Hall–Kier alpha value is -0.130. The zero-order valence-corrected chi connectivity index (χ0v) is 14.3. The molecule has 0 spiro atoms. The lowest BCUT2D eigenvalue weighted by atomic mass is 9.85.